The van der Waals surface area contributed by atoms with Gasteiger partial charge in [0.25, 0.3) is 0 Å². The second-order valence-corrected chi connectivity index (χ2v) is 3.64. The Hall–Kier alpha value is -2.37. The van der Waals surface area contributed by atoms with Gasteiger partial charge in [-0.25, -0.2) is 9.78 Å². The minimum atomic E-state index is -1.06. The number of carboxylic acids is 1. The number of aromatic carboxylic acids is 1. The number of carbonyl (C=O) groups excluding carboxylic acids is 1. The standard InChI is InChI=1S/C11H11N3O3/c1-7(15)12-4-8-2-3-10-13-9(11(16)17)6-14(10)5-8/h2-3,5-6H,4H2,1H3,(H,12,15)(H,16,17). The molecule has 88 valence electrons. The van der Waals surface area contributed by atoms with E-state index in [1.54, 1.807) is 22.7 Å². The quantitative estimate of drug-likeness (QED) is 0.816. The van der Waals surface area contributed by atoms with E-state index in [-0.39, 0.29) is 11.6 Å². The van der Waals surface area contributed by atoms with Crippen molar-refractivity contribution in [2.75, 3.05) is 0 Å². The zero-order chi connectivity index (χ0) is 12.4. The summed E-state index contributed by atoms with van der Waals surface area (Å²) in [6, 6.07) is 3.51. The van der Waals surface area contributed by atoms with Gasteiger partial charge in [-0.1, -0.05) is 6.07 Å². The first kappa shape index (κ1) is 11.1. The molecule has 6 heteroatoms. The van der Waals surface area contributed by atoms with Crippen LogP contribution in [0.5, 0.6) is 0 Å². The largest absolute Gasteiger partial charge is 0.476 e. The molecule has 0 bridgehead atoms. The Morgan fingerprint density at radius 3 is 2.82 bits per heavy atom. The van der Waals surface area contributed by atoms with E-state index in [0.717, 1.165) is 5.56 Å². The molecular weight excluding hydrogens is 222 g/mol. The molecule has 0 fully saturated rings. The Morgan fingerprint density at radius 1 is 1.41 bits per heavy atom. The van der Waals surface area contributed by atoms with Crippen LogP contribution in [-0.2, 0) is 11.3 Å². The number of nitrogens with zero attached hydrogens (tertiary/aromatic N) is 2. The molecule has 17 heavy (non-hydrogen) atoms. The molecule has 0 atom stereocenters. The van der Waals surface area contributed by atoms with Gasteiger partial charge in [0, 0.05) is 25.9 Å². The van der Waals surface area contributed by atoms with Gasteiger partial charge in [0.15, 0.2) is 5.69 Å². The number of nitrogens with one attached hydrogen (secondary N) is 1. The van der Waals surface area contributed by atoms with E-state index < -0.39 is 5.97 Å². The van der Waals surface area contributed by atoms with Gasteiger partial charge in [-0.2, -0.15) is 0 Å². The number of hydrogen-bond acceptors (Lipinski definition) is 3. The summed E-state index contributed by atoms with van der Waals surface area (Å²) in [6.07, 6.45) is 3.18. The molecule has 2 rings (SSSR count). The highest BCUT2D eigenvalue weighted by Crippen LogP contribution is 2.08. The fourth-order valence-corrected chi connectivity index (χ4v) is 1.47. The van der Waals surface area contributed by atoms with Crippen molar-refractivity contribution in [1.82, 2.24) is 14.7 Å². The maximum atomic E-state index is 10.8. The van der Waals surface area contributed by atoms with Crippen LogP contribution in [0, 0.1) is 0 Å². The molecule has 2 heterocycles. The third-order valence-corrected chi connectivity index (χ3v) is 2.27. The predicted octanol–water partition coefficient (Wildman–Crippen LogP) is 0.669. The average Bonchev–Trinajstić information content (AvgIpc) is 2.69. The summed E-state index contributed by atoms with van der Waals surface area (Å²) >= 11 is 0. The van der Waals surface area contributed by atoms with Crippen LogP contribution < -0.4 is 5.32 Å². The Morgan fingerprint density at radius 2 is 2.18 bits per heavy atom. The lowest BCUT2D eigenvalue weighted by Gasteiger charge is -2.02. The summed E-state index contributed by atoms with van der Waals surface area (Å²) < 4.78 is 1.63. The van der Waals surface area contributed by atoms with Crippen LogP contribution in [0.15, 0.2) is 24.5 Å². The summed E-state index contributed by atoms with van der Waals surface area (Å²) in [6.45, 7) is 1.85. The van der Waals surface area contributed by atoms with Gasteiger partial charge in [0.2, 0.25) is 5.91 Å². The second-order valence-electron chi connectivity index (χ2n) is 3.64. The molecule has 0 saturated heterocycles. The van der Waals surface area contributed by atoms with E-state index in [1.165, 1.54) is 13.1 Å². The number of fused-ring (bicyclic) bond motifs is 1. The van der Waals surface area contributed by atoms with Gasteiger partial charge in [-0.15, -0.1) is 0 Å². The number of amides is 1. The summed E-state index contributed by atoms with van der Waals surface area (Å²) in [5.41, 5.74) is 1.44. The normalized spacial score (nSPS) is 10.4. The summed E-state index contributed by atoms with van der Waals surface area (Å²) in [7, 11) is 0. The highest BCUT2D eigenvalue weighted by molar-refractivity contribution is 5.86. The first-order valence-electron chi connectivity index (χ1n) is 5.01. The van der Waals surface area contributed by atoms with E-state index in [2.05, 4.69) is 10.3 Å². The first-order chi connectivity index (χ1) is 8.06. The highest BCUT2D eigenvalue weighted by atomic mass is 16.4. The van der Waals surface area contributed by atoms with Gasteiger partial charge in [-0.05, 0) is 11.6 Å². The van der Waals surface area contributed by atoms with Crippen LogP contribution in [0.25, 0.3) is 5.65 Å². The highest BCUT2D eigenvalue weighted by Gasteiger charge is 2.08. The molecule has 2 aromatic heterocycles. The molecule has 0 aromatic carbocycles. The van der Waals surface area contributed by atoms with Crippen LogP contribution in [0.1, 0.15) is 23.0 Å². The molecule has 2 aromatic rings. The molecule has 0 spiro atoms. The second kappa shape index (κ2) is 4.25. The Labute approximate surface area is 96.9 Å². The Kier molecular flexibility index (Phi) is 2.78. The van der Waals surface area contributed by atoms with Crippen molar-refractivity contribution in [2.45, 2.75) is 13.5 Å². The number of rotatable bonds is 3. The van der Waals surface area contributed by atoms with Gasteiger partial charge in [0.05, 0.1) is 0 Å². The summed E-state index contributed by atoms with van der Waals surface area (Å²) in [5.74, 6) is -1.17. The van der Waals surface area contributed by atoms with Crippen molar-refractivity contribution in [3.05, 3.63) is 35.8 Å². The average molecular weight is 233 g/mol. The van der Waals surface area contributed by atoms with Crippen molar-refractivity contribution >= 4 is 17.5 Å². The minimum absolute atomic E-state index is 0.00155. The van der Waals surface area contributed by atoms with Crippen LogP contribution in [-0.4, -0.2) is 26.4 Å². The molecule has 0 unspecified atom stereocenters. The molecule has 1 amide bonds. The number of aromatic nitrogens is 2. The Balaban J connectivity index is 2.30. The monoisotopic (exact) mass is 233 g/mol. The lowest BCUT2D eigenvalue weighted by Crippen LogP contribution is -2.19. The van der Waals surface area contributed by atoms with Gasteiger partial charge in [-0.3, -0.25) is 4.79 Å². The third kappa shape index (κ3) is 2.41. The van der Waals surface area contributed by atoms with Crippen LogP contribution in [0.2, 0.25) is 0 Å². The summed E-state index contributed by atoms with van der Waals surface area (Å²) in [5, 5.41) is 11.5. The topological polar surface area (TPSA) is 83.7 Å². The van der Waals surface area contributed by atoms with Crippen molar-refractivity contribution < 1.29 is 14.7 Å². The molecule has 0 aliphatic rings. The molecule has 2 N–H and O–H groups in total. The number of carbonyl (C=O) groups is 2. The van der Waals surface area contributed by atoms with Crippen LogP contribution in [0.4, 0.5) is 0 Å². The zero-order valence-corrected chi connectivity index (χ0v) is 9.17. The van der Waals surface area contributed by atoms with Crippen molar-refractivity contribution in [3.8, 4) is 0 Å². The van der Waals surface area contributed by atoms with Gasteiger partial charge < -0.3 is 14.8 Å². The smallest absolute Gasteiger partial charge is 0.356 e. The SMILES string of the molecule is CC(=O)NCc1ccc2nc(C(=O)O)cn2c1. The molecule has 0 aliphatic carbocycles. The zero-order valence-electron chi connectivity index (χ0n) is 9.17. The lowest BCUT2D eigenvalue weighted by atomic mass is 10.3. The molecule has 0 saturated carbocycles. The fourth-order valence-electron chi connectivity index (χ4n) is 1.47. The van der Waals surface area contributed by atoms with E-state index in [4.69, 9.17) is 5.11 Å². The lowest BCUT2D eigenvalue weighted by molar-refractivity contribution is -0.119. The van der Waals surface area contributed by atoms with Crippen molar-refractivity contribution in [1.29, 1.82) is 0 Å². The summed E-state index contributed by atoms with van der Waals surface area (Å²) in [4.78, 5) is 25.4. The van der Waals surface area contributed by atoms with E-state index >= 15 is 0 Å². The first-order valence-corrected chi connectivity index (χ1v) is 5.01. The molecule has 6 nitrogen and oxygen atoms in total. The molecule has 0 aliphatic heterocycles. The van der Waals surface area contributed by atoms with E-state index in [0.29, 0.717) is 12.2 Å². The van der Waals surface area contributed by atoms with Crippen molar-refractivity contribution in [3.63, 3.8) is 0 Å². The number of imidazole rings is 1. The van der Waals surface area contributed by atoms with Crippen molar-refractivity contribution in [2.24, 2.45) is 0 Å². The minimum Gasteiger partial charge on any atom is -0.476 e. The Bertz CT molecular complexity index is 589. The molecule has 0 radical (unpaired) electrons. The van der Waals surface area contributed by atoms with Gasteiger partial charge >= 0.3 is 5.97 Å². The molecular formula is C11H11N3O3. The van der Waals surface area contributed by atoms with E-state index in [1.807, 2.05) is 0 Å². The number of carboxylic acid groups (broad SMARTS) is 1. The maximum absolute atomic E-state index is 10.8. The predicted molar refractivity (Wildman–Crippen MR) is 59.7 cm³/mol. The van der Waals surface area contributed by atoms with Gasteiger partial charge in [0.1, 0.15) is 5.65 Å². The maximum Gasteiger partial charge on any atom is 0.356 e. The number of hydrogen-bond donors (Lipinski definition) is 2. The van der Waals surface area contributed by atoms with E-state index in [9.17, 15) is 9.59 Å². The third-order valence-electron chi connectivity index (χ3n) is 2.27. The van der Waals surface area contributed by atoms with Crippen LogP contribution in [0.3, 0.4) is 0 Å². The fraction of sp³-hybridized carbons (Fsp3) is 0.182. The number of pyridine rings is 1. The van der Waals surface area contributed by atoms with Crippen LogP contribution >= 0.6 is 0 Å².